The molecule has 0 saturated heterocycles. The second-order valence-corrected chi connectivity index (χ2v) is 5.64. The number of carboxylic acid groups (broad SMARTS) is 1. The van der Waals surface area contributed by atoms with Crippen molar-refractivity contribution in [1.29, 1.82) is 0 Å². The van der Waals surface area contributed by atoms with Crippen molar-refractivity contribution >= 4 is 35.2 Å². The van der Waals surface area contributed by atoms with E-state index in [2.05, 4.69) is 4.99 Å². The summed E-state index contributed by atoms with van der Waals surface area (Å²) in [5.41, 5.74) is 1.76. The van der Waals surface area contributed by atoms with Gasteiger partial charge >= 0.3 is 11.9 Å². The van der Waals surface area contributed by atoms with E-state index in [1.165, 1.54) is 17.4 Å². The number of hydrogen-bond acceptors (Lipinski definition) is 5. The Hall–Kier alpha value is -2.73. The Balaban J connectivity index is 1.93. The minimum atomic E-state index is -0.977. The molecule has 0 radical (unpaired) electrons. The Morgan fingerprint density at radius 3 is 2.82 bits per heavy atom. The lowest BCUT2D eigenvalue weighted by molar-refractivity contribution is -0.129. The predicted octanol–water partition coefficient (Wildman–Crippen LogP) is 3.10. The second-order valence-electron chi connectivity index (χ2n) is 4.69. The highest BCUT2D eigenvalue weighted by Crippen LogP contribution is 2.22. The van der Waals surface area contributed by atoms with Gasteiger partial charge in [0.25, 0.3) is 0 Å². The van der Waals surface area contributed by atoms with Crippen molar-refractivity contribution in [3.8, 4) is 0 Å². The Bertz CT molecular complexity index is 819. The Morgan fingerprint density at radius 2 is 2.18 bits per heavy atom. The number of rotatable bonds is 3. The highest BCUT2D eigenvalue weighted by atomic mass is 32.1. The van der Waals surface area contributed by atoms with E-state index in [-0.39, 0.29) is 11.3 Å². The third-order valence-electron chi connectivity index (χ3n) is 3.14. The second kappa shape index (κ2) is 5.57. The van der Waals surface area contributed by atoms with Crippen LogP contribution in [0.1, 0.15) is 26.4 Å². The standard InChI is InChI=1S/C16H11NO4S/c1-9-7-10(4-5-11(9)15(18)19)8-12-16(20)21-14(17-12)13-3-2-6-22-13/h2-8H,1H3,(H,18,19). The number of aryl methyl sites for hydroxylation is 1. The number of hydrogen-bond donors (Lipinski definition) is 1. The van der Waals surface area contributed by atoms with Crippen LogP contribution < -0.4 is 0 Å². The number of cyclic esters (lactones) is 1. The van der Waals surface area contributed by atoms with Crippen LogP contribution in [0.2, 0.25) is 0 Å². The summed E-state index contributed by atoms with van der Waals surface area (Å²) in [5, 5.41) is 10.9. The summed E-state index contributed by atoms with van der Waals surface area (Å²) in [6.45, 7) is 1.71. The number of thiophene rings is 1. The monoisotopic (exact) mass is 313 g/mol. The highest BCUT2D eigenvalue weighted by Gasteiger charge is 2.24. The third-order valence-corrected chi connectivity index (χ3v) is 3.99. The van der Waals surface area contributed by atoms with Crippen LogP contribution in [0.4, 0.5) is 0 Å². The van der Waals surface area contributed by atoms with Crippen molar-refractivity contribution in [3.63, 3.8) is 0 Å². The molecule has 1 aliphatic heterocycles. The van der Waals surface area contributed by atoms with Crippen LogP contribution in [0.25, 0.3) is 6.08 Å². The van der Waals surface area contributed by atoms with Crippen molar-refractivity contribution in [2.45, 2.75) is 6.92 Å². The fraction of sp³-hybridized carbons (Fsp3) is 0.0625. The van der Waals surface area contributed by atoms with Crippen LogP contribution in [0, 0.1) is 6.92 Å². The summed E-state index contributed by atoms with van der Waals surface area (Å²) in [6.07, 6.45) is 1.58. The first-order valence-electron chi connectivity index (χ1n) is 6.45. The van der Waals surface area contributed by atoms with Gasteiger partial charge in [0.2, 0.25) is 5.90 Å². The molecule has 3 rings (SSSR count). The number of nitrogens with zero attached hydrogens (tertiary/aromatic N) is 1. The van der Waals surface area contributed by atoms with E-state index < -0.39 is 11.9 Å². The number of aromatic carboxylic acids is 1. The fourth-order valence-electron chi connectivity index (χ4n) is 2.09. The topological polar surface area (TPSA) is 76.0 Å². The molecule has 1 N–H and O–H groups in total. The van der Waals surface area contributed by atoms with Gasteiger partial charge in [0.05, 0.1) is 10.4 Å². The Labute approximate surface area is 130 Å². The zero-order valence-electron chi connectivity index (χ0n) is 11.6. The van der Waals surface area contributed by atoms with Crippen molar-refractivity contribution in [1.82, 2.24) is 0 Å². The first-order valence-corrected chi connectivity index (χ1v) is 7.33. The summed E-state index contributed by atoms with van der Waals surface area (Å²) >= 11 is 1.44. The highest BCUT2D eigenvalue weighted by molar-refractivity contribution is 7.12. The van der Waals surface area contributed by atoms with E-state index in [9.17, 15) is 9.59 Å². The van der Waals surface area contributed by atoms with Crippen LogP contribution in [0.3, 0.4) is 0 Å². The van der Waals surface area contributed by atoms with E-state index >= 15 is 0 Å². The molecule has 1 aliphatic rings. The van der Waals surface area contributed by atoms with Crippen LogP contribution >= 0.6 is 11.3 Å². The summed E-state index contributed by atoms with van der Waals surface area (Å²) in [7, 11) is 0. The van der Waals surface area contributed by atoms with Gasteiger partial charge in [-0.2, -0.15) is 0 Å². The minimum absolute atomic E-state index is 0.200. The molecule has 0 spiro atoms. The number of carbonyl (C=O) groups excluding carboxylic acids is 1. The SMILES string of the molecule is Cc1cc(C=C2N=C(c3cccs3)OC2=O)ccc1C(=O)O. The summed E-state index contributed by atoms with van der Waals surface area (Å²) in [4.78, 5) is 27.8. The fourth-order valence-corrected chi connectivity index (χ4v) is 2.74. The maximum atomic E-state index is 11.8. The van der Waals surface area contributed by atoms with E-state index in [1.807, 2.05) is 17.5 Å². The van der Waals surface area contributed by atoms with Crippen molar-refractivity contribution in [3.05, 3.63) is 63.0 Å². The van der Waals surface area contributed by atoms with Crippen LogP contribution in [0.5, 0.6) is 0 Å². The van der Waals surface area contributed by atoms with Gasteiger partial charge in [0.15, 0.2) is 5.70 Å². The van der Waals surface area contributed by atoms with E-state index in [0.29, 0.717) is 17.0 Å². The van der Waals surface area contributed by atoms with Gasteiger partial charge in [0.1, 0.15) is 0 Å². The van der Waals surface area contributed by atoms with E-state index in [4.69, 9.17) is 9.84 Å². The maximum Gasteiger partial charge on any atom is 0.363 e. The van der Waals surface area contributed by atoms with Crippen molar-refractivity contribution in [2.75, 3.05) is 0 Å². The van der Waals surface area contributed by atoms with Crippen molar-refractivity contribution < 1.29 is 19.4 Å². The number of ether oxygens (including phenoxy) is 1. The van der Waals surface area contributed by atoms with Gasteiger partial charge in [-0.15, -0.1) is 11.3 Å². The molecule has 5 nitrogen and oxygen atoms in total. The molecule has 0 unspecified atom stereocenters. The quantitative estimate of drug-likeness (QED) is 0.698. The van der Waals surface area contributed by atoms with Gasteiger partial charge < -0.3 is 9.84 Å². The van der Waals surface area contributed by atoms with Crippen LogP contribution in [-0.4, -0.2) is 22.9 Å². The zero-order valence-corrected chi connectivity index (χ0v) is 12.4. The molecule has 0 aliphatic carbocycles. The molecule has 1 aromatic carbocycles. The average molecular weight is 313 g/mol. The maximum absolute atomic E-state index is 11.8. The first-order chi connectivity index (χ1) is 10.5. The molecule has 0 bridgehead atoms. The Morgan fingerprint density at radius 1 is 1.36 bits per heavy atom. The molecular formula is C16H11NO4S. The lowest BCUT2D eigenvalue weighted by Crippen LogP contribution is -2.03. The number of benzene rings is 1. The molecule has 1 aromatic heterocycles. The largest absolute Gasteiger partial charge is 0.478 e. The molecule has 0 saturated carbocycles. The molecule has 6 heteroatoms. The van der Waals surface area contributed by atoms with Gasteiger partial charge in [-0.25, -0.2) is 14.6 Å². The molecule has 0 fully saturated rings. The number of esters is 1. The lowest BCUT2D eigenvalue weighted by Gasteiger charge is -2.01. The average Bonchev–Trinajstić information content (AvgIpc) is 3.09. The normalized spacial score (nSPS) is 15.8. The molecular weight excluding hydrogens is 302 g/mol. The zero-order chi connectivity index (χ0) is 15.7. The molecule has 2 heterocycles. The predicted molar refractivity (Wildman–Crippen MR) is 83.1 cm³/mol. The molecule has 2 aromatic rings. The summed E-state index contributed by atoms with van der Waals surface area (Å²) < 4.78 is 5.14. The summed E-state index contributed by atoms with van der Waals surface area (Å²) in [5.74, 6) is -1.19. The lowest BCUT2D eigenvalue weighted by atomic mass is 10.0. The van der Waals surface area contributed by atoms with Gasteiger partial charge in [-0.3, -0.25) is 0 Å². The number of carbonyl (C=O) groups is 2. The molecule has 110 valence electrons. The van der Waals surface area contributed by atoms with Crippen LogP contribution in [0.15, 0.2) is 46.4 Å². The first kappa shape index (κ1) is 14.2. The number of carboxylic acids is 1. The Kier molecular flexibility index (Phi) is 3.60. The number of aliphatic imine (C=N–C) groups is 1. The third kappa shape index (κ3) is 2.68. The minimum Gasteiger partial charge on any atom is -0.478 e. The molecule has 0 atom stereocenters. The van der Waals surface area contributed by atoms with Crippen molar-refractivity contribution in [2.24, 2.45) is 4.99 Å². The van der Waals surface area contributed by atoms with Crippen LogP contribution in [-0.2, 0) is 9.53 Å². The smallest absolute Gasteiger partial charge is 0.363 e. The van der Waals surface area contributed by atoms with Gasteiger partial charge in [0, 0.05) is 0 Å². The molecule has 0 amide bonds. The van der Waals surface area contributed by atoms with Gasteiger partial charge in [-0.05, 0) is 41.6 Å². The summed E-state index contributed by atoms with van der Waals surface area (Å²) in [6, 6.07) is 8.52. The van der Waals surface area contributed by atoms with E-state index in [1.54, 1.807) is 25.1 Å². The van der Waals surface area contributed by atoms with Gasteiger partial charge in [-0.1, -0.05) is 18.2 Å². The molecule has 22 heavy (non-hydrogen) atoms. The van der Waals surface area contributed by atoms with E-state index in [0.717, 1.165) is 4.88 Å².